The summed E-state index contributed by atoms with van der Waals surface area (Å²) in [4.78, 5) is 8.72. The van der Waals surface area contributed by atoms with Gasteiger partial charge in [-0.15, -0.1) is 0 Å². The molecule has 0 unspecified atom stereocenters. The van der Waals surface area contributed by atoms with Crippen LogP contribution in [0.5, 0.6) is 0 Å². The second-order valence-electron chi connectivity index (χ2n) is 7.78. The molecule has 0 aliphatic heterocycles. The molecule has 1 aromatic heterocycles. The topological polar surface area (TPSA) is 157 Å². The molecular formula is C24H48N6O6. The van der Waals surface area contributed by atoms with Gasteiger partial charge in [-0.3, -0.25) is 0 Å². The Kier molecular flexibility index (Phi) is 23.8. The molecule has 0 aliphatic carbocycles. The lowest BCUT2D eigenvalue weighted by Gasteiger charge is -2.09. The Balaban J connectivity index is 1.89. The SMILES string of the molecule is NCCCOCCOCCOCCCNc1ccnc(NCCCOCCOCCOCCCN)n1. The zero-order valence-corrected chi connectivity index (χ0v) is 21.8. The van der Waals surface area contributed by atoms with Crippen LogP contribution in [0.2, 0.25) is 0 Å². The molecule has 0 saturated carbocycles. The quantitative estimate of drug-likeness (QED) is 0.117. The summed E-state index contributed by atoms with van der Waals surface area (Å²) in [6.45, 7) is 10.1. The molecule has 0 bridgehead atoms. The van der Waals surface area contributed by atoms with Crippen LogP contribution in [-0.2, 0) is 28.4 Å². The first-order valence-electron chi connectivity index (χ1n) is 13.0. The second-order valence-corrected chi connectivity index (χ2v) is 7.78. The van der Waals surface area contributed by atoms with E-state index in [9.17, 15) is 0 Å². The highest BCUT2D eigenvalue weighted by Gasteiger charge is 1.99. The number of hydrogen-bond donors (Lipinski definition) is 4. The summed E-state index contributed by atoms with van der Waals surface area (Å²) in [5, 5.41) is 6.51. The summed E-state index contributed by atoms with van der Waals surface area (Å²) in [7, 11) is 0. The van der Waals surface area contributed by atoms with Gasteiger partial charge in [0.25, 0.3) is 0 Å². The third kappa shape index (κ3) is 21.6. The predicted molar refractivity (Wildman–Crippen MR) is 141 cm³/mol. The fourth-order valence-corrected chi connectivity index (χ4v) is 2.76. The normalized spacial score (nSPS) is 11.2. The molecule has 0 amide bonds. The zero-order valence-electron chi connectivity index (χ0n) is 21.8. The summed E-state index contributed by atoms with van der Waals surface area (Å²) in [6.07, 6.45) is 5.22. The highest BCUT2D eigenvalue weighted by atomic mass is 16.5. The highest BCUT2D eigenvalue weighted by Crippen LogP contribution is 2.05. The fraction of sp³-hybridized carbons (Fsp3) is 0.833. The van der Waals surface area contributed by atoms with Crippen molar-refractivity contribution in [2.24, 2.45) is 11.5 Å². The van der Waals surface area contributed by atoms with Gasteiger partial charge in [0.2, 0.25) is 5.95 Å². The van der Waals surface area contributed by atoms with E-state index < -0.39 is 0 Å². The standard InChI is InChI=1S/C24H48N6O6/c25-6-1-11-31-15-19-35-21-17-33-13-3-8-27-23-5-10-29-24(30-23)28-9-4-14-34-18-22-36-20-16-32-12-2-7-26/h5,10H,1-4,6-9,11-22,25-26H2,(H2,27,28,29,30). The van der Waals surface area contributed by atoms with Crippen molar-refractivity contribution < 1.29 is 28.4 Å². The van der Waals surface area contributed by atoms with Crippen molar-refractivity contribution in [1.82, 2.24) is 9.97 Å². The van der Waals surface area contributed by atoms with Crippen molar-refractivity contribution in [1.29, 1.82) is 0 Å². The highest BCUT2D eigenvalue weighted by molar-refractivity contribution is 5.39. The van der Waals surface area contributed by atoms with Gasteiger partial charge in [-0.2, -0.15) is 4.98 Å². The molecule has 1 heterocycles. The molecular weight excluding hydrogens is 468 g/mol. The smallest absolute Gasteiger partial charge is 0.224 e. The molecule has 0 aromatic carbocycles. The number of nitrogens with two attached hydrogens (primary N) is 2. The molecule has 6 N–H and O–H groups in total. The number of anilines is 2. The Labute approximate surface area is 216 Å². The van der Waals surface area contributed by atoms with E-state index in [1.807, 2.05) is 6.07 Å². The van der Waals surface area contributed by atoms with Gasteiger partial charge >= 0.3 is 0 Å². The summed E-state index contributed by atoms with van der Waals surface area (Å²) >= 11 is 0. The lowest BCUT2D eigenvalue weighted by atomic mass is 10.4. The van der Waals surface area contributed by atoms with Gasteiger partial charge in [0.05, 0.1) is 52.9 Å². The summed E-state index contributed by atoms with van der Waals surface area (Å²) in [5.74, 6) is 1.38. The number of ether oxygens (including phenoxy) is 6. The lowest BCUT2D eigenvalue weighted by molar-refractivity contribution is 0.0144. The van der Waals surface area contributed by atoms with Gasteiger partial charge in [0.15, 0.2) is 0 Å². The molecule has 0 atom stereocenters. The average Bonchev–Trinajstić information content (AvgIpc) is 2.90. The van der Waals surface area contributed by atoms with Crippen molar-refractivity contribution in [2.45, 2.75) is 25.7 Å². The Bertz CT molecular complexity index is 545. The molecule has 1 aromatic rings. The van der Waals surface area contributed by atoms with Gasteiger partial charge in [-0.1, -0.05) is 0 Å². The molecule has 0 spiro atoms. The van der Waals surface area contributed by atoms with Gasteiger partial charge in [0.1, 0.15) is 5.82 Å². The maximum absolute atomic E-state index is 5.57. The van der Waals surface area contributed by atoms with E-state index in [1.165, 1.54) is 0 Å². The minimum atomic E-state index is 0.564. The van der Waals surface area contributed by atoms with Crippen LogP contribution in [0.3, 0.4) is 0 Å². The van der Waals surface area contributed by atoms with Crippen LogP contribution < -0.4 is 22.1 Å². The minimum absolute atomic E-state index is 0.564. The first-order chi connectivity index (χ1) is 17.9. The Morgan fingerprint density at radius 2 is 0.972 bits per heavy atom. The number of aromatic nitrogens is 2. The van der Waals surface area contributed by atoms with Crippen molar-refractivity contribution in [2.75, 3.05) is 116 Å². The van der Waals surface area contributed by atoms with E-state index in [2.05, 4.69) is 20.6 Å². The predicted octanol–water partition coefficient (Wildman–Crippen LogP) is 0.878. The molecule has 0 radical (unpaired) electrons. The third-order valence-corrected chi connectivity index (χ3v) is 4.65. The Hall–Kier alpha value is -1.64. The molecule has 0 fully saturated rings. The molecule has 0 saturated heterocycles. The first kappa shape index (κ1) is 32.4. The van der Waals surface area contributed by atoms with E-state index >= 15 is 0 Å². The molecule has 210 valence electrons. The maximum Gasteiger partial charge on any atom is 0.224 e. The van der Waals surface area contributed by atoms with E-state index in [4.69, 9.17) is 39.9 Å². The van der Waals surface area contributed by atoms with Crippen molar-refractivity contribution in [3.05, 3.63) is 12.3 Å². The van der Waals surface area contributed by atoms with Crippen LogP contribution in [0.25, 0.3) is 0 Å². The van der Waals surface area contributed by atoms with Crippen LogP contribution in [0, 0.1) is 0 Å². The fourth-order valence-electron chi connectivity index (χ4n) is 2.76. The van der Waals surface area contributed by atoms with Crippen molar-refractivity contribution in [3.63, 3.8) is 0 Å². The Morgan fingerprint density at radius 3 is 1.44 bits per heavy atom. The second kappa shape index (κ2) is 26.4. The lowest BCUT2D eigenvalue weighted by Crippen LogP contribution is -2.13. The van der Waals surface area contributed by atoms with E-state index in [0.717, 1.165) is 44.6 Å². The third-order valence-electron chi connectivity index (χ3n) is 4.65. The molecule has 12 nitrogen and oxygen atoms in total. The number of nitrogens with zero attached hydrogens (tertiary/aromatic N) is 2. The average molecular weight is 517 g/mol. The van der Waals surface area contributed by atoms with Crippen molar-refractivity contribution in [3.8, 4) is 0 Å². The molecule has 12 heteroatoms. The Morgan fingerprint density at radius 1 is 0.556 bits per heavy atom. The summed E-state index contributed by atoms with van der Waals surface area (Å²) in [6, 6.07) is 1.85. The van der Waals surface area contributed by atoms with Crippen LogP contribution in [0.15, 0.2) is 12.3 Å². The number of nitrogens with one attached hydrogen (secondary N) is 2. The van der Waals surface area contributed by atoms with Gasteiger partial charge in [-0.25, -0.2) is 4.98 Å². The van der Waals surface area contributed by atoms with E-state index in [0.29, 0.717) is 98.3 Å². The number of hydrogen-bond acceptors (Lipinski definition) is 12. The van der Waals surface area contributed by atoms with Gasteiger partial charge < -0.3 is 50.5 Å². The summed E-state index contributed by atoms with van der Waals surface area (Å²) < 4.78 is 32.8. The maximum atomic E-state index is 5.57. The largest absolute Gasteiger partial charge is 0.379 e. The van der Waals surface area contributed by atoms with Crippen LogP contribution in [0.4, 0.5) is 11.8 Å². The van der Waals surface area contributed by atoms with Crippen LogP contribution >= 0.6 is 0 Å². The van der Waals surface area contributed by atoms with Crippen LogP contribution in [0.1, 0.15) is 25.7 Å². The molecule has 0 aliphatic rings. The van der Waals surface area contributed by atoms with Crippen molar-refractivity contribution >= 4 is 11.8 Å². The minimum Gasteiger partial charge on any atom is -0.379 e. The van der Waals surface area contributed by atoms with Gasteiger partial charge in [-0.05, 0) is 44.8 Å². The number of rotatable bonds is 28. The van der Waals surface area contributed by atoms with Crippen LogP contribution in [-0.4, -0.2) is 115 Å². The zero-order chi connectivity index (χ0) is 25.8. The first-order valence-corrected chi connectivity index (χ1v) is 13.0. The molecule has 1 rings (SSSR count). The summed E-state index contributed by atoms with van der Waals surface area (Å²) in [5.41, 5.74) is 10.8. The van der Waals surface area contributed by atoms with E-state index in [1.54, 1.807) is 6.20 Å². The van der Waals surface area contributed by atoms with E-state index in [-0.39, 0.29) is 0 Å². The molecule has 36 heavy (non-hydrogen) atoms. The monoisotopic (exact) mass is 516 g/mol. The van der Waals surface area contributed by atoms with Gasteiger partial charge in [0, 0.05) is 45.7 Å².